The van der Waals surface area contributed by atoms with Gasteiger partial charge >= 0.3 is 0 Å². The standard InChI is InChI=1S/C13H27NO/c1-5-12-6-8-13(15-4,9-7-12)10-14-11(2)3/h11-12,14H,5-10H2,1-4H3. The van der Waals surface area contributed by atoms with Gasteiger partial charge in [0, 0.05) is 19.7 Å². The molecule has 1 aliphatic carbocycles. The van der Waals surface area contributed by atoms with Gasteiger partial charge in [-0.1, -0.05) is 27.2 Å². The molecule has 0 spiro atoms. The third-order valence-electron chi connectivity index (χ3n) is 3.86. The van der Waals surface area contributed by atoms with Gasteiger partial charge in [-0.15, -0.1) is 0 Å². The summed E-state index contributed by atoms with van der Waals surface area (Å²) >= 11 is 0. The lowest BCUT2D eigenvalue weighted by atomic mass is 9.77. The van der Waals surface area contributed by atoms with Crippen LogP contribution in [0.3, 0.4) is 0 Å². The minimum Gasteiger partial charge on any atom is -0.377 e. The second-order valence-electron chi connectivity index (χ2n) is 5.27. The summed E-state index contributed by atoms with van der Waals surface area (Å²) in [7, 11) is 1.87. The van der Waals surface area contributed by atoms with Crippen LogP contribution in [0.25, 0.3) is 0 Å². The Balaban J connectivity index is 2.41. The number of hydrogen-bond acceptors (Lipinski definition) is 2. The van der Waals surface area contributed by atoms with Gasteiger partial charge < -0.3 is 10.1 Å². The van der Waals surface area contributed by atoms with Crippen molar-refractivity contribution in [2.75, 3.05) is 13.7 Å². The lowest BCUT2D eigenvalue weighted by Crippen LogP contribution is -2.46. The lowest BCUT2D eigenvalue weighted by molar-refractivity contribution is -0.0487. The van der Waals surface area contributed by atoms with E-state index in [0.717, 1.165) is 12.5 Å². The van der Waals surface area contributed by atoms with Crippen LogP contribution >= 0.6 is 0 Å². The van der Waals surface area contributed by atoms with E-state index >= 15 is 0 Å². The van der Waals surface area contributed by atoms with Crippen molar-refractivity contribution in [3.63, 3.8) is 0 Å². The molecule has 0 saturated heterocycles. The van der Waals surface area contributed by atoms with Crippen LogP contribution in [0.15, 0.2) is 0 Å². The highest BCUT2D eigenvalue weighted by Gasteiger charge is 2.34. The maximum absolute atomic E-state index is 5.76. The molecule has 1 N–H and O–H groups in total. The number of nitrogens with one attached hydrogen (secondary N) is 1. The summed E-state index contributed by atoms with van der Waals surface area (Å²) in [5.41, 5.74) is 0.121. The van der Waals surface area contributed by atoms with Crippen molar-refractivity contribution in [1.82, 2.24) is 5.32 Å². The van der Waals surface area contributed by atoms with E-state index in [4.69, 9.17) is 4.74 Å². The fourth-order valence-corrected chi connectivity index (χ4v) is 2.46. The quantitative estimate of drug-likeness (QED) is 0.758. The first-order valence-electron chi connectivity index (χ1n) is 6.40. The van der Waals surface area contributed by atoms with Gasteiger partial charge in [0.15, 0.2) is 0 Å². The molecule has 1 saturated carbocycles. The van der Waals surface area contributed by atoms with Gasteiger partial charge in [-0.3, -0.25) is 0 Å². The summed E-state index contributed by atoms with van der Waals surface area (Å²) in [4.78, 5) is 0. The van der Waals surface area contributed by atoms with Crippen LogP contribution in [-0.4, -0.2) is 25.3 Å². The predicted octanol–water partition coefficient (Wildman–Crippen LogP) is 2.97. The Kier molecular flexibility index (Phi) is 5.07. The van der Waals surface area contributed by atoms with Crippen LogP contribution < -0.4 is 5.32 Å². The molecule has 0 amide bonds. The number of rotatable bonds is 5. The Morgan fingerprint density at radius 1 is 1.33 bits per heavy atom. The highest BCUT2D eigenvalue weighted by Crippen LogP contribution is 2.35. The average Bonchev–Trinajstić information content (AvgIpc) is 2.27. The first kappa shape index (κ1) is 13.0. The van der Waals surface area contributed by atoms with Crippen LogP contribution in [-0.2, 0) is 4.74 Å². The molecule has 0 aromatic heterocycles. The zero-order valence-electron chi connectivity index (χ0n) is 10.8. The molecular weight excluding hydrogens is 186 g/mol. The van der Waals surface area contributed by atoms with Crippen LogP contribution in [0.1, 0.15) is 52.9 Å². The first-order valence-corrected chi connectivity index (χ1v) is 6.40. The van der Waals surface area contributed by atoms with Gasteiger partial charge in [-0.05, 0) is 31.6 Å². The zero-order valence-corrected chi connectivity index (χ0v) is 10.8. The number of ether oxygens (including phenoxy) is 1. The van der Waals surface area contributed by atoms with Crippen molar-refractivity contribution in [1.29, 1.82) is 0 Å². The molecule has 2 heteroatoms. The Morgan fingerprint density at radius 3 is 2.33 bits per heavy atom. The van der Waals surface area contributed by atoms with Gasteiger partial charge in [0.25, 0.3) is 0 Å². The molecule has 1 rings (SSSR count). The first-order chi connectivity index (χ1) is 7.12. The van der Waals surface area contributed by atoms with E-state index in [1.165, 1.54) is 32.1 Å². The van der Waals surface area contributed by atoms with E-state index in [1.807, 2.05) is 7.11 Å². The van der Waals surface area contributed by atoms with Crippen molar-refractivity contribution >= 4 is 0 Å². The van der Waals surface area contributed by atoms with Crippen LogP contribution in [0.2, 0.25) is 0 Å². The molecule has 0 aliphatic heterocycles. The van der Waals surface area contributed by atoms with Gasteiger partial charge in [0.05, 0.1) is 5.60 Å². The highest BCUT2D eigenvalue weighted by atomic mass is 16.5. The molecule has 15 heavy (non-hydrogen) atoms. The van der Waals surface area contributed by atoms with E-state index in [-0.39, 0.29) is 5.60 Å². The molecule has 0 unspecified atom stereocenters. The van der Waals surface area contributed by atoms with Gasteiger partial charge in [-0.25, -0.2) is 0 Å². The smallest absolute Gasteiger partial charge is 0.0802 e. The molecule has 0 radical (unpaired) electrons. The Hall–Kier alpha value is -0.0800. The third kappa shape index (κ3) is 3.76. The highest BCUT2D eigenvalue weighted by molar-refractivity contribution is 4.89. The van der Waals surface area contributed by atoms with Gasteiger partial charge in [0.1, 0.15) is 0 Å². The zero-order chi connectivity index (χ0) is 11.3. The van der Waals surface area contributed by atoms with E-state index in [0.29, 0.717) is 6.04 Å². The van der Waals surface area contributed by atoms with E-state index < -0.39 is 0 Å². The SMILES string of the molecule is CCC1CCC(CNC(C)C)(OC)CC1. The van der Waals surface area contributed by atoms with Gasteiger partial charge in [0.2, 0.25) is 0 Å². The topological polar surface area (TPSA) is 21.3 Å². The second kappa shape index (κ2) is 5.86. The molecule has 0 aromatic carbocycles. The molecule has 0 atom stereocenters. The summed E-state index contributed by atoms with van der Waals surface area (Å²) in [6, 6.07) is 0.556. The van der Waals surface area contributed by atoms with Crippen molar-refractivity contribution in [3.05, 3.63) is 0 Å². The van der Waals surface area contributed by atoms with Crippen molar-refractivity contribution in [2.45, 2.75) is 64.5 Å². The molecular formula is C13H27NO. The third-order valence-corrected chi connectivity index (χ3v) is 3.86. The molecule has 0 bridgehead atoms. The minimum atomic E-state index is 0.121. The maximum atomic E-state index is 5.76. The van der Waals surface area contributed by atoms with E-state index in [1.54, 1.807) is 0 Å². The van der Waals surface area contributed by atoms with Crippen molar-refractivity contribution in [2.24, 2.45) is 5.92 Å². The predicted molar refractivity (Wildman–Crippen MR) is 65.1 cm³/mol. The molecule has 0 heterocycles. The second-order valence-corrected chi connectivity index (χ2v) is 5.27. The van der Waals surface area contributed by atoms with E-state index in [9.17, 15) is 0 Å². The summed E-state index contributed by atoms with van der Waals surface area (Å²) in [5.74, 6) is 0.937. The summed E-state index contributed by atoms with van der Waals surface area (Å²) in [6.07, 6.45) is 6.45. The normalized spacial score (nSPS) is 32.2. The van der Waals surface area contributed by atoms with Crippen molar-refractivity contribution in [3.8, 4) is 0 Å². The summed E-state index contributed by atoms with van der Waals surface area (Å²) in [6.45, 7) is 7.70. The number of hydrogen-bond donors (Lipinski definition) is 1. The van der Waals surface area contributed by atoms with Crippen molar-refractivity contribution < 1.29 is 4.74 Å². The average molecular weight is 213 g/mol. The lowest BCUT2D eigenvalue weighted by Gasteiger charge is -2.39. The fraction of sp³-hybridized carbons (Fsp3) is 1.00. The maximum Gasteiger partial charge on any atom is 0.0802 e. The van der Waals surface area contributed by atoms with E-state index in [2.05, 4.69) is 26.1 Å². The van der Waals surface area contributed by atoms with Crippen LogP contribution in [0.4, 0.5) is 0 Å². The van der Waals surface area contributed by atoms with Crippen LogP contribution in [0, 0.1) is 5.92 Å². The largest absolute Gasteiger partial charge is 0.377 e. The minimum absolute atomic E-state index is 0.121. The molecule has 1 fully saturated rings. The van der Waals surface area contributed by atoms with Gasteiger partial charge in [-0.2, -0.15) is 0 Å². The fourth-order valence-electron chi connectivity index (χ4n) is 2.46. The monoisotopic (exact) mass is 213 g/mol. The summed E-state index contributed by atoms with van der Waals surface area (Å²) < 4.78 is 5.76. The molecule has 0 aromatic rings. The summed E-state index contributed by atoms with van der Waals surface area (Å²) in [5, 5.41) is 3.51. The molecule has 1 aliphatic rings. The molecule has 2 nitrogen and oxygen atoms in total. The molecule has 90 valence electrons. The number of methoxy groups -OCH3 is 1. The van der Waals surface area contributed by atoms with Crippen LogP contribution in [0.5, 0.6) is 0 Å². The Bertz CT molecular complexity index is 171. The Labute approximate surface area is 94.8 Å². The Morgan fingerprint density at radius 2 is 1.93 bits per heavy atom.